The summed E-state index contributed by atoms with van der Waals surface area (Å²) < 4.78 is 1.80. The third-order valence-corrected chi connectivity index (χ3v) is 5.00. The molecule has 0 fully saturated rings. The number of hydrogen-bond donors (Lipinski definition) is 2. The third-order valence-electron chi connectivity index (χ3n) is 5.00. The summed E-state index contributed by atoms with van der Waals surface area (Å²) in [6.07, 6.45) is 0. The first-order valence-electron chi connectivity index (χ1n) is 9.22. The lowest BCUT2D eigenvalue weighted by atomic mass is 10.0. The van der Waals surface area contributed by atoms with Crippen LogP contribution in [0.2, 0.25) is 0 Å². The molecule has 0 spiro atoms. The minimum atomic E-state index is -1.22. The minimum absolute atomic E-state index is 0.133. The lowest BCUT2D eigenvalue weighted by Gasteiger charge is -2.11. The Kier molecular flexibility index (Phi) is 4.78. The van der Waals surface area contributed by atoms with Gasteiger partial charge in [0.25, 0.3) is 5.91 Å². The first kappa shape index (κ1) is 19.0. The van der Waals surface area contributed by atoms with Gasteiger partial charge in [0.2, 0.25) is 0 Å². The van der Waals surface area contributed by atoms with E-state index in [2.05, 4.69) is 5.32 Å². The van der Waals surface area contributed by atoms with Crippen molar-refractivity contribution in [2.24, 2.45) is 7.05 Å². The van der Waals surface area contributed by atoms with Gasteiger partial charge in [0.15, 0.2) is 0 Å². The highest BCUT2D eigenvalue weighted by atomic mass is 16.4. The summed E-state index contributed by atoms with van der Waals surface area (Å²) in [7, 11) is 1.81. The van der Waals surface area contributed by atoms with Crippen molar-refractivity contribution in [2.45, 2.75) is 0 Å². The van der Waals surface area contributed by atoms with Crippen LogP contribution in [-0.2, 0) is 7.05 Å². The molecule has 1 heterocycles. The molecule has 0 saturated heterocycles. The molecule has 4 rings (SSSR count). The highest BCUT2D eigenvalue weighted by Crippen LogP contribution is 2.31. The maximum Gasteiger partial charge on any atom is 0.337 e. The predicted molar refractivity (Wildman–Crippen MR) is 114 cm³/mol. The largest absolute Gasteiger partial charge is 0.478 e. The van der Waals surface area contributed by atoms with E-state index in [1.165, 1.54) is 18.2 Å². The molecule has 0 aliphatic rings. The van der Waals surface area contributed by atoms with E-state index >= 15 is 0 Å². The van der Waals surface area contributed by atoms with Gasteiger partial charge < -0.3 is 15.0 Å². The zero-order chi connectivity index (χ0) is 21.3. The molecule has 0 aliphatic carbocycles. The van der Waals surface area contributed by atoms with Gasteiger partial charge >= 0.3 is 5.97 Å². The number of carboxylic acid groups (broad SMARTS) is 1. The van der Waals surface area contributed by atoms with Gasteiger partial charge in [-0.2, -0.15) is 5.26 Å². The maximum absolute atomic E-state index is 13.0. The molecule has 146 valence electrons. The van der Waals surface area contributed by atoms with E-state index in [0.29, 0.717) is 5.69 Å². The van der Waals surface area contributed by atoms with Crippen molar-refractivity contribution in [1.29, 1.82) is 5.26 Å². The smallest absolute Gasteiger partial charge is 0.337 e. The Bertz CT molecular complexity index is 1330. The van der Waals surface area contributed by atoms with Gasteiger partial charge in [-0.1, -0.05) is 48.5 Å². The van der Waals surface area contributed by atoms with Crippen molar-refractivity contribution in [3.8, 4) is 17.2 Å². The van der Waals surface area contributed by atoms with Crippen LogP contribution in [0.4, 0.5) is 5.69 Å². The average molecular weight is 395 g/mol. The van der Waals surface area contributed by atoms with Crippen LogP contribution in [0.5, 0.6) is 0 Å². The highest BCUT2D eigenvalue weighted by molar-refractivity contribution is 6.10. The molecule has 1 amide bonds. The number of carboxylic acids is 1. The summed E-state index contributed by atoms with van der Waals surface area (Å²) in [5.41, 5.74) is 3.56. The van der Waals surface area contributed by atoms with Crippen LogP contribution in [0, 0.1) is 11.3 Å². The molecule has 6 heteroatoms. The maximum atomic E-state index is 13.0. The van der Waals surface area contributed by atoms with E-state index in [-0.39, 0.29) is 16.8 Å². The highest BCUT2D eigenvalue weighted by Gasteiger charge is 2.19. The molecule has 6 nitrogen and oxygen atoms in total. The Hall–Kier alpha value is -4.37. The number of fused-ring (bicyclic) bond motifs is 1. The van der Waals surface area contributed by atoms with Crippen molar-refractivity contribution in [3.05, 3.63) is 89.6 Å². The van der Waals surface area contributed by atoms with Gasteiger partial charge in [0.1, 0.15) is 5.69 Å². The number of carbonyl (C=O) groups is 2. The molecule has 2 N–H and O–H groups in total. The minimum Gasteiger partial charge on any atom is -0.478 e. The number of rotatable bonds is 4. The molecular formula is C24H17N3O3. The van der Waals surface area contributed by atoms with Crippen LogP contribution in [-0.4, -0.2) is 21.6 Å². The van der Waals surface area contributed by atoms with E-state index < -0.39 is 11.9 Å². The Morgan fingerprint density at radius 1 is 1.00 bits per heavy atom. The first-order valence-corrected chi connectivity index (χ1v) is 9.22. The van der Waals surface area contributed by atoms with Gasteiger partial charge in [0, 0.05) is 18.0 Å². The summed E-state index contributed by atoms with van der Waals surface area (Å²) in [5, 5.41) is 22.0. The van der Waals surface area contributed by atoms with Crippen molar-refractivity contribution in [1.82, 2.24) is 4.57 Å². The van der Waals surface area contributed by atoms with Gasteiger partial charge in [-0.15, -0.1) is 0 Å². The zero-order valence-electron chi connectivity index (χ0n) is 16.1. The Balaban J connectivity index is 1.76. The normalized spacial score (nSPS) is 10.5. The number of aromatic carboxylic acids is 1. The fraction of sp³-hybridized carbons (Fsp3) is 0.0417. The molecule has 30 heavy (non-hydrogen) atoms. The van der Waals surface area contributed by atoms with Crippen LogP contribution in [0.3, 0.4) is 0 Å². The zero-order valence-corrected chi connectivity index (χ0v) is 16.1. The van der Waals surface area contributed by atoms with E-state index in [1.807, 2.05) is 54.6 Å². The molecule has 0 atom stereocenters. The monoisotopic (exact) mass is 395 g/mol. The molecule has 4 aromatic rings. The Morgan fingerprint density at radius 3 is 2.47 bits per heavy atom. The van der Waals surface area contributed by atoms with Crippen LogP contribution >= 0.6 is 0 Å². The molecule has 0 bridgehead atoms. The van der Waals surface area contributed by atoms with Crippen molar-refractivity contribution in [2.75, 3.05) is 5.32 Å². The second kappa shape index (κ2) is 7.57. The number of aromatic nitrogens is 1. The van der Waals surface area contributed by atoms with Gasteiger partial charge in [-0.3, -0.25) is 4.79 Å². The number of benzene rings is 3. The fourth-order valence-corrected chi connectivity index (χ4v) is 3.57. The van der Waals surface area contributed by atoms with Crippen LogP contribution in [0.25, 0.3) is 22.0 Å². The predicted octanol–water partition coefficient (Wildman–Crippen LogP) is 4.67. The van der Waals surface area contributed by atoms with E-state index in [9.17, 15) is 14.7 Å². The average Bonchev–Trinajstić information content (AvgIpc) is 3.11. The lowest BCUT2D eigenvalue weighted by Crippen LogP contribution is -2.17. The van der Waals surface area contributed by atoms with Crippen LogP contribution in [0.1, 0.15) is 26.4 Å². The van der Waals surface area contributed by atoms with Crippen molar-refractivity contribution < 1.29 is 14.7 Å². The summed E-state index contributed by atoms with van der Waals surface area (Å²) in [5.74, 6) is -1.65. The van der Waals surface area contributed by atoms with E-state index in [1.54, 1.807) is 17.7 Å². The molecule has 0 unspecified atom stereocenters. The third kappa shape index (κ3) is 3.29. The van der Waals surface area contributed by atoms with Gasteiger partial charge in [-0.05, 0) is 29.8 Å². The summed E-state index contributed by atoms with van der Waals surface area (Å²) in [6, 6.07) is 23.6. The Morgan fingerprint density at radius 2 is 1.77 bits per heavy atom. The molecule has 0 saturated carbocycles. The number of nitriles is 1. The van der Waals surface area contributed by atoms with Crippen molar-refractivity contribution >= 4 is 28.5 Å². The number of hydrogen-bond acceptors (Lipinski definition) is 3. The van der Waals surface area contributed by atoms with E-state index in [4.69, 9.17) is 5.26 Å². The van der Waals surface area contributed by atoms with Crippen LogP contribution in [0.15, 0.2) is 72.8 Å². The van der Waals surface area contributed by atoms with Gasteiger partial charge in [-0.25, -0.2) is 4.79 Å². The topological polar surface area (TPSA) is 95.1 Å². The molecule has 0 radical (unpaired) electrons. The van der Waals surface area contributed by atoms with Crippen LogP contribution < -0.4 is 5.32 Å². The number of para-hydroxylation sites is 1. The second-order valence-corrected chi connectivity index (χ2v) is 6.83. The van der Waals surface area contributed by atoms with Crippen molar-refractivity contribution in [3.63, 3.8) is 0 Å². The number of carbonyl (C=O) groups excluding carboxylic acids is 1. The number of anilines is 1. The number of amides is 1. The lowest BCUT2D eigenvalue weighted by molar-refractivity contribution is 0.0698. The summed E-state index contributed by atoms with van der Waals surface area (Å²) >= 11 is 0. The first-order chi connectivity index (χ1) is 14.5. The standard InChI is InChI=1S/C24H17N3O3/c1-27-21(23(28)26-20-11-10-15(14-25)12-19(20)24(29)30)13-17-8-5-9-18(22(17)27)16-6-3-2-4-7-16/h2-13H,1H3,(H,26,28)(H,29,30). The quantitative estimate of drug-likeness (QED) is 0.525. The molecule has 3 aromatic carbocycles. The number of nitrogens with zero attached hydrogens (tertiary/aromatic N) is 2. The molecular weight excluding hydrogens is 378 g/mol. The summed E-state index contributed by atoms with van der Waals surface area (Å²) in [4.78, 5) is 24.5. The van der Waals surface area contributed by atoms with Gasteiger partial charge in [0.05, 0.1) is 28.4 Å². The molecule has 0 aliphatic heterocycles. The Labute approximate surface area is 172 Å². The summed E-state index contributed by atoms with van der Waals surface area (Å²) in [6.45, 7) is 0. The second-order valence-electron chi connectivity index (χ2n) is 6.83. The SMILES string of the molecule is Cn1c(C(=O)Nc2ccc(C#N)cc2C(=O)O)cc2cccc(-c3ccccc3)c21. The molecule has 1 aromatic heterocycles. The van der Waals surface area contributed by atoms with E-state index in [0.717, 1.165) is 22.0 Å². The fourth-order valence-electron chi connectivity index (χ4n) is 3.57. The number of aryl methyl sites for hydroxylation is 1. The number of nitrogens with one attached hydrogen (secondary N) is 1.